The van der Waals surface area contributed by atoms with Crippen LogP contribution >= 0.6 is 11.5 Å². The van der Waals surface area contributed by atoms with E-state index in [1.807, 2.05) is 13.8 Å². The van der Waals surface area contributed by atoms with Crippen LogP contribution in [-0.2, 0) is 14.6 Å². The molecule has 1 aromatic heterocycles. The number of nitrogens with two attached hydrogens (primary N) is 1. The molecule has 0 unspecified atom stereocenters. The third kappa shape index (κ3) is 4.34. The van der Waals surface area contributed by atoms with Crippen molar-refractivity contribution in [3.63, 3.8) is 0 Å². The molecule has 0 aliphatic carbocycles. The summed E-state index contributed by atoms with van der Waals surface area (Å²) in [6.45, 7) is 5.63. The van der Waals surface area contributed by atoms with Gasteiger partial charge in [0.1, 0.15) is 9.90 Å². The van der Waals surface area contributed by atoms with Crippen LogP contribution in [0.15, 0.2) is 4.90 Å². The van der Waals surface area contributed by atoms with Crippen LogP contribution in [0.5, 0.6) is 0 Å². The Morgan fingerprint density at radius 1 is 1.45 bits per heavy atom. The lowest BCUT2D eigenvalue weighted by atomic mass is 10.3. The first-order valence-corrected chi connectivity index (χ1v) is 8.71. The molecule has 0 spiro atoms. The molecular formula is C11H20N4O3S2. The summed E-state index contributed by atoms with van der Waals surface area (Å²) in [6.07, 6.45) is 0.252. The minimum atomic E-state index is -3.43. The monoisotopic (exact) mass is 320 g/mol. The number of nitrogen functional groups attached to an aromatic ring is 1. The van der Waals surface area contributed by atoms with Gasteiger partial charge in [-0.25, -0.2) is 8.42 Å². The van der Waals surface area contributed by atoms with E-state index in [4.69, 9.17) is 5.73 Å². The van der Waals surface area contributed by atoms with Crippen molar-refractivity contribution in [2.24, 2.45) is 0 Å². The van der Waals surface area contributed by atoms with Crippen LogP contribution in [0, 0.1) is 0 Å². The van der Waals surface area contributed by atoms with E-state index in [9.17, 15) is 13.2 Å². The Kier molecular flexibility index (Phi) is 5.75. The molecule has 9 heteroatoms. The second-order valence-electron chi connectivity index (χ2n) is 4.53. The summed E-state index contributed by atoms with van der Waals surface area (Å²) in [7, 11) is -3.43. The zero-order valence-corrected chi connectivity index (χ0v) is 13.4. The largest absolute Gasteiger partial charge is 0.382 e. The maximum Gasteiger partial charge on any atom is 0.221 e. The van der Waals surface area contributed by atoms with Crippen molar-refractivity contribution in [2.75, 3.05) is 23.3 Å². The molecule has 1 rings (SSSR count). The summed E-state index contributed by atoms with van der Waals surface area (Å²) in [5, 5.41) is 6.06. The lowest BCUT2D eigenvalue weighted by molar-refractivity contribution is -0.121. The van der Waals surface area contributed by atoms with E-state index < -0.39 is 9.84 Å². The Morgan fingerprint density at radius 3 is 2.65 bits per heavy atom. The summed E-state index contributed by atoms with van der Waals surface area (Å²) in [5.41, 5.74) is 5.60. The predicted molar refractivity (Wildman–Crippen MR) is 80.6 cm³/mol. The van der Waals surface area contributed by atoms with Gasteiger partial charge in [-0.05, 0) is 25.4 Å². The van der Waals surface area contributed by atoms with E-state index in [-0.39, 0.29) is 34.8 Å². The molecule has 0 aromatic carbocycles. The van der Waals surface area contributed by atoms with Crippen molar-refractivity contribution >= 4 is 38.1 Å². The summed E-state index contributed by atoms with van der Waals surface area (Å²) in [6, 6.07) is 0.0811. The molecule has 114 valence electrons. The lowest BCUT2D eigenvalue weighted by Gasteiger charge is -2.09. The van der Waals surface area contributed by atoms with E-state index in [1.54, 1.807) is 6.92 Å². The zero-order chi connectivity index (χ0) is 15.3. The Bertz CT molecular complexity index is 566. The number of rotatable bonds is 7. The maximum absolute atomic E-state index is 11.9. The van der Waals surface area contributed by atoms with Gasteiger partial charge in [0.05, 0.1) is 5.75 Å². The summed E-state index contributed by atoms with van der Waals surface area (Å²) in [5.74, 6) is -0.131. The molecule has 0 bridgehead atoms. The Balaban J connectivity index is 2.69. The minimum absolute atomic E-state index is 0.00554. The number of anilines is 2. The molecule has 0 fully saturated rings. The van der Waals surface area contributed by atoms with Crippen LogP contribution in [0.2, 0.25) is 0 Å². The highest BCUT2D eigenvalue weighted by atomic mass is 32.2. The number of aromatic nitrogens is 1. The predicted octanol–water partition coefficient (Wildman–Crippen LogP) is 0.845. The van der Waals surface area contributed by atoms with Crippen molar-refractivity contribution < 1.29 is 13.2 Å². The van der Waals surface area contributed by atoms with Gasteiger partial charge in [0.25, 0.3) is 0 Å². The zero-order valence-electron chi connectivity index (χ0n) is 11.8. The van der Waals surface area contributed by atoms with Gasteiger partial charge in [-0.1, -0.05) is 6.92 Å². The van der Waals surface area contributed by atoms with Crippen LogP contribution < -0.4 is 16.4 Å². The molecule has 4 N–H and O–H groups in total. The molecule has 1 amide bonds. The number of nitrogens with one attached hydrogen (secondary N) is 2. The van der Waals surface area contributed by atoms with Gasteiger partial charge in [-0.15, -0.1) is 0 Å². The first kappa shape index (κ1) is 16.7. The first-order chi connectivity index (χ1) is 9.27. The normalized spacial score (nSPS) is 11.6. The maximum atomic E-state index is 11.9. The van der Waals surface area contributed by atoms with Gasteiger partial charge in [0.15, 0.2) is 15.7 Å². The third-order valence-corrected chi connectivity index (χ3v) is 5.20. The summed E-state index contributed by atoms with van der Waals surface area (Å²) in [4.78, 5) is 11.5. The van der Waals surface area contributed by atoms with Gasteiger partial charge in [0, 0.05) is 19.0 Å². The molecule has 1 heterocycles. The van der Waals surface area contributed by atoms with Gasteiger partial charge in [-0.2, -0.15) is 4.37 Å². The molecular weight excluding hydrogens is 300 g/mol. The molecule has 0 saturated carbocycles. The Labute approximate surface area is 123 Å². The fourth-order valence-corrected chi connectivity index (χ4v) is 3.73. The lowest BCUT2D eigenvalue weighted by Crippen LogP contribution is -2.31. The van der Waals surface area contributed by atoms with E-state index in [0.29, 0.717) is 11.5 Å². The highest BCUT2D eigenvalue weighted by Crippen LogP contribution is 2.32. The van der Waals surface area contributed by atoms with Gasteiger partial charge >= 0.3 is 0 Å². The van der Waals surface area contributed by atoms with Gasteiger partial charge in [-0.3, -0.25) is 4.79 Å². The number of amides is 1. The quantitative estimate of drug-likeness (QED) is 0.686. The average Bonchev–Trinajstić information content (AvgIpc) is 2.70. The highest BCUT2D eigenvalue weighted by Gasteiger charge is 2.23. The number of hydrogen-bond donors (Lipinski definition) is 3. The standard InChI is InChI=1S/C11H20N4O3S2/c1-4-20(17,18)9-10(12)15-19-11(9)13-6-5-8(16)14-7(2)3/h7,13H,4-6H2,1-3H3,(H2,12,15)(H,14,16). The molecule has 0 aliphatic rings. The van der Waals surface area contributed by atoms with E-state index in [2.05, 4.69) is 15.0 Å². The molecule has 0 saturated heterocycles. The smallest absolute Gasteiger partial charge is 0.221 e. The summed E-state index contributed by atoms with van der Waals surface area (Å²) >= 11 is 0.987. The number of carbonyl (C=O) groups is 1. The van der Waals surface area contributed by atoms with Crippen LogP contribution in [-0.4, -0.2) is 37.0 Å². The number of hydrogen-bond acceptors (Lipinski definition) is 7. The first-order valence-electron chi connectivity index (χ1n) is 6.29. The Morgan fingerprint density at radius 2 is 2.10 bits per heavy atom. The molecule has 7 nitrogen and oxygen atoms in total. The molecule has 0 aliphatic heterocycles. The molecule has 20 heavy (non-hydrogen) atoms. The van der Waals surface area contributed by atoms with Crippen LogP contribution in [0.3, 0.4) is 0 Å². The van der Waals surface area contributed by atoms with Crippen molar-refractivity contribution in [2.45, 2.75) is 38.1 Å². The minimum Gasteiger partial charge on any atom is -0.382 e. The number of nitrogens with zero attached hydrogens (tertiary/aromatic N) is 1. The van der Waals surface area contributed by atoms with Crippen LogP contribution in [0.4, 0.5) is 10.8 Å². The summed E-state index contributed by atoms with van der Waals surface area (Å²) < 4.78 is 27.7. The van der Waals surface area contributed by atoms with Gasteiger partial charge in [0.2, 0.25) is 5.91 Å². The van der Waals surface area contributed by atoms with Crippen molar-refractivity contribution in [1.29, 1.82) is 0 Å². The topological polar surface area (TPSA) is 114 Å². The van der Waals surface area contributed by atoms with Crippen molar-refractivity contribution in [3.05, 3.63) is 0 Å². The van der Waals surface area contributed by atoms with Crippen LogP contribution in [0.1, 0.15) is 27.2 Å². The number of sulfone groups is 1. The van der Waals surface area contributed by atoms with Crippen molar-refractivity contribution in [1.82, 2.24) is 9.69 Å². The number of carbonyl (C=O) groups excluding carboxylic acids is 1. The molecule has 0 radical (unpaired) electrons. The average molecular weight is 320 g/mol. The highest BCUT2D eigenvalue weighted by molar-refractivity contribution is 7.91. The van der Waals surface area contributed by atoms with E-state index >= 15 is 0 Å². The Hall–Kier alpha value is -1.35. The van der Waals surface area contributed by atoms with Crippen molar-refractivity contribution in [3.8, 4) is 0 Å². The van der Waals surface area contributed by atoms with E-state index in [0.717, 1.165) is 11.5 Å². The second kappa shape index (κ2) is 6.89. The molecule has 0 atom stereocenters. The van der Waals surface area contributed by atoms with E-state index in [1.165, 1.54) is 0 Å². The van der Waals surface area contributed by atoms with Gasteiger partial charge < -0.3 is 16.4 Å². The fraction of sp³-hybridized carbons (Fsp3) is 0.636. The second-order valence-corrected chi connectivity index (χ2v) is 7.52. The van der Waals surface area contributed by atoms with Crippen LogP contribution in [0.25, 0.3) is 0 Å². The third-order valence-electron chi connectivity index (χ3n) is 2.45. The SMILES string of the molecule is CCS(=O)(=O)c1c(N)nsc1NCCC(=O)NC(C)C. The molecule has 1 aromatic rings. The fourth-order valence-electron chi connectivity index (χ4n) is 1.54.